The number of anilines is 3. The second-order valence-corrected chi connectivity index (χ2v) is 31.2. The number of amides is 5. The number of ether oxygens (including phenoxy) is 3. The van der Waals surface area contributed by atoms with Crippen LogP contribution in [0, 0.1) is 6.92 Å². The molecule has 0 aliphatic carbocycles. The van der Waals surface area contributed by atoms with E-state index in [0.717, 1.165) is 54.3 Å². The average molecular weight is 1300 g/mol. The van der Waals surface area contributed by atoms with Crippen molar-refractivity contribution < 1.29 is 68.2 Å². The summed E-state index contributed by atoms with van der Waals surface area (Å²) in [4.78, 5) is 85.6. The number of para-hydroxylation sites is 2. The van der Waals surface area contributed by atoms with Crippen molar-refractivity contribution in [1.29, 1.82) is 0 Å². The number of imide groups is 1. The lowest BCUT2D eigenvalue weighted by Crippen LogP contribution is -2.47. The van der Waals surface area contributed by atoms with Gasteiger partial charge in [-0.25, -0.2) is 0 Å². The Kier molecular flexibility index (Phi) is 19.8. The summed E-state index contributed by atoms with van der Waals surface area (Å²) in [5.74, 6) is -0.333. The number of nitrogens with one attached hydrogen (secondary N) is 1. The number of aryl methyl sites for hydroxylation is 2. The number of benzene rings is 5. The molecule has 0 saturated carbocycles. The van der Waals surface area contributed by atoms with Crippen molar-refractivity contribution in [2.45, 2.75) is 137 Å². The van der Waals surface area contributed by atoms with Gasteiger partial charge in [-0.1, -0.05) is 58.0 Å². The lowest BCUT2D eigenvalue weighted by atomic mass is 9.97. The standard InChI is InChI=1S/C64H72N4O15S5/c1-38-25-47-44(33-58(88(77,78)81-6)51-30-43-14-9-11-16-50(43)68(51)62(47)73)32-53(38)82-36-39-26-40(37-83-55-31-41-18-19-46-29-42-13-8-10-15-49(42)67(46)61(72)48(41)34-54(55)79-4)28-45(27-39)65-59(70)20-22-64(2,3)86-85-24-21-57(87(75,76)80-5)52(69)17-12-23-66-60(71)35-56(84-7)63(66)74/h8-11,13-16,25-28,31-32,34,46,51,56-58H,12,17-24,29-30,33,35-37H2,1-7H3,(H,65,70)/t46-,51+,56?,57?,58?/m1/s1. The molecule has 0 spiro atoms. The maximum atomic E-state index is 14.5. The molecule has 24 heteroatoms. The molecule has 10 rings (SSSR count). The van der Waals surface area contributed by atoms with E-state index in [1.807, 2.05) is 80.3 Å². The van der Waals surface area contributed by atoms with Crippen LogP contribution in [-0.4, -0.2) is 130 Å². The zero-order valence-corrected chi connectivity index (χ0v) is 54.2. The predicted octanol–water partition coefficient (Wildman–Crippen LogP) is 9.61. The van der Waals surface area contributed by atoms with Crippen molar-refractivity contribution in [3.63, 3.8) is 0 Å². The fourth-order valence-corrected chi connectivity index (χ4v) is 18.2. The Balaban J connectivity index is 0.835. The summed E-state index contributed by atoms with van der Waals surface area (Å²) in [7, 11) is -1.86. The van der Waals surface area contributed by atoms with E-state index >= 15 is 0 Å². The molecule has 19 nitrogen and oxygen atoms in total. The highest BCUT2D eigenvalue weighted by Gasteiger charge is 2.48. The van der Waals surface area contributed by atoms with E-state index in [1.165, 1.54) is 40.5 Å². The van der Waals surface area contributed by atoms with Crippen LogP contribution in [0.3, 0.4) is 0 Å². The first-order chi connectivity index (χ1) is 42.0. The van der Waals surface area contributed by atoms with Crippen LogP contribution in [0.2, 0.25) is 0 Å². The number of thioether (sulfide) groups is 1. The minimum atomic E-state index is -4.24. The molecule has 5 heterocycles. The van der Waals surface area contributed by atoms with E-state index in [4.69, 9.17) is 22.6 Å². The maximum Gasteiger partial charge on any atom is 0.277 e. The Morgan fingerprint density at radius 1 is 0.727 bits per heavy atom. The number of methoxy groups -OCH3 is 1. The Morgan fingerprint density at radius 3 is 2.05 bits per heavy atom. The van der Waals surface area contributed by atoms with Crippen LogP contribution in [0.4, 0.5) is 17.1 Å². The Labute approximate surface area is 526 Å². The third-order valence-electron chi connectivity index (χ3n) is 17.0. The summed E-state index contributed by atoms with van der Waals surface area (Å²) in [6, 6.07) is 27.3. The molecular formula is C64H72N4O15S5. The second-order valence-electron chi connectivity index (χ2n) is 23.3. The smallest absolute Gasteiger partial charge is 0.277 e. The number of fused-ring (bicyclic) bond motifs is 8. The summed E-state index contributed by atoms with van der Waals surface area (Å²) in [5.41, 5.74) is 8.31. The van der Waals surface area contributed by atoms with E-state index in [1.54, 1.807) is 41.5 Å². The van der Waals surface area contributed by atoms with Crippen molar-refractivity contribution in [3.8, 4) is 17.2 Å². The van der Waals surface area contributed by atoms with E-state index in [9.17, 15) is 45.6 Å². The molecule has 0 aromatic heterocycles. The van der Waals surface area contributed by atoms with E-state index in [-0.39, 0.29) is 99.6 Å². The number of nitrogens with zero attached hydrogens (tertiary/aromatic N) is 3. The van der Waals surface area contributed by atoms with Gasteiger partial charge in [-0.15, -0.1) is 0 Å². The monoisotopic (exact) mass is 1300 g/mol. The Hall–Kier alpha value is -6.41. The summed E-state index contributed by atoms with van der Waals surface area (Å²) in [6.45, 7) is 5.81. The number of Topliss-reactive ketones (excluding diaryl/α,β-unsaturated/α-hetero) is 1. The van der Waals surface area contributed by atoms with Crippen LogP contribution in [-0.2, 0) is 86.7 Å². The van der Waals surface area contributed by atoms with Gasteiger partial charge in [-0.05, 0) is 172 Å². The topological polar surface area (TPSA) is 239 Å². The molecule has 0 bridgehead atoms. The fourth-order valence-electron chi connectivity index (χ4n) is 12.4. The van der Waals surface area contributed by atoms with Crippen molar-refractivity contribution in [1.82, 2.24) is 4.90 Å². The van der Waals surface area contributed by atoms with Crippen molar-refractivity contribution in [2.75, 3.05) is 55.0 Å². The number of rotatable bonds is 26. The third kappa shape index (κ3) is 13.8. The molecule has 88 heavy (non-hydrogen) atoms. The molecule has 0 radical (unpaired) electrons. The lowest BCUT2D eigenvalue weighted by molar-refractivity contribution is -0.138. The molecule has 5 aliphatic rings. The summed E-state index contributed by atoms with van der Waals surface area (Å²) >= 11 is 1.29. The molecule has 1 N–H and O–H groups in total. The fraction of sp³-hybridized carbons (Fsp3) is 0.438. The molecule has 5 aliphatic heterocycles. The van der Waals surface area contributed by atoms with Gasteiger partial charge >= 0.3 is 0 Å². The SMILES string of the molecule is COc1cc2c(cc1OCc1cc(COc3cc4c(cc3C)C(=O)N3c5ccccc5C[C@H]3C(S(=O)(=O)OC)C4)cc(NC(=O)CCC(C)(C)SSCCC(C(=O)CCCN3C(=O)CC(SC)C3=O)S(=O)(=O)OC)c1)CC[C@@H]1Cc3ccccc3N1C2=O. The second kappa shape index (κ2) is 27.0. The van der Waals surface area contributed by atoms with Gasteiger partial charge < -0.3 is 29.3 Å². The van der Waals surface area contributed by atoms with Gasteiger partial charge in [0.2, 0.25) is 17.7 Å². The van der Waals surface area contributed by atoms with E-state index in [2.05, 4.69) is 11.4 Å². The number of carbonyl (C=O) groups is 6. The lowest BCUT2D eigenvalue weighted by Gasteiger charge is -2.28. The van der Waals surface area contributed by atoms with Crippen molar-refractivity contribution in [3.05, 3.63) is 141 Å². The highest BCUT2D eigenvalue weighted by Crippen LogP contribution is 2.44. The average Bonchev–Trinajstić information content (AvgIpc) is 1.66. The first kappa shape index (κ1) is 64.6. The van der Waals surface area contributed by atoms with Gasteiger partial charge in [0.15, 0.2) is 17.3 Å². The predicted molar refractivity (Wildman–Crippen MR) is 342 cm³/mol. The number of likely N-dealkylation sites (tertiary alicyclic amines) is 1. The summed E-state index contributed by atoms with van der Waals surface area (Å²) < 4.78 is 81.6. The van der Waals surface area contributed by atoms with Gasteiger partial charge in [0, 0.05) is 70.5 Å². The molecular weight excluding hydrogens is 1230 g/mol. The highest BCUT2D eigenvalue weighted by molar-refractivity contribution is 8.77. The van der Waals surface area contributed by atoms with E-state index in [0.29, 0.717) is 81.3 Å². The molecule has 5 aromatic carbocycles. The van der Waals surface area contributed by atoms with Gasteiger partial charge in [0.05, 0.1) is 32.6 Å². The zero-order chi connectivity index (χ0) is 62.8. The van der Waals surface area contributed by atoms with Crippen LogP contribution in [0.5, 0.6) is 17.2 Å². The highest BCUT2D eigenvalue weighted by atomic mass is 33.1. The quantitative estimate of drug-likeness (QED) is 0.0235. The van der Waals surface area contributed by atoms with Crippen LogP contribution < -0.4 is 29.3 Å². The zero-order valence-electron chi connectivity index (χ0n) is 50.2. The maximum absolute atomic E-state index is 14.5. The van der Waals surface area contributed by atoms with Gasteiger partial charge in [0.25, 0.3) is 32.1 Å². The third-order valence-corrected chi connectivity index (χ3v) is 24.7. The number of hydrogen-bond donors (Lipinski definition) is 1. The first-order valence-electron chi connectivity index (χ1n) is 29.2. The number of ketones is 1. The van der Waals surface area contributed by atoms with Gasteiger partial charge in [-0.3, -0.25) is 42.0 Å². The summed E-state index contributed by atoms with van der Waals surface area (Å²) in [6.07, 6.45) is 4.87. The summed E-state index contributed by atoms with van der Waals surface area (Å²) in [5, 5.41) is 0.111. The molecule has 3 unspecified atom stereocenters. The van der Waals surface area contributed by atoms with Crippen LogP contribution in [0.15, 0.2) is 91.0 Å². The minimum absolute atomic E-state index is 0.00265. The number of hydrogen-bond acceptors (Lipinski definition) is 18. The van der Waals surface area contributed by atoms with E-state index < -0.39 is 52.6 Å². The molecule has 5 aromatic rings. The Morgan fingerprint density at radius 2 is 1.38 bits per heavy atom. The van der Waals surface area contributed by atoms with Crippen LogP contribution in [0.25, 0.3) is 0 Å². The van der Waals surface area contributed by atoms with Gasteiger partial charge in [-0.2, -0.15) is 28.6 Å². The van der Waals surface area contributed by atoms with Crippen molar-refractivity contribution in [2.24, 2.45) is 0 Å². The minimum Gasteiger partial charge on any atom is -0.493 e. The van der Waals surface area contributed by atoms with Crippen molar-refractivity contribution >= 4 is 106 Å². The molecule has 5 atom stereocenters. The van der Waals surface area contributed by atoms with Crippen LogP contribution in [0.1, 0.15) is 118 Å². The molecule has 5 amide bonds. The van der Waals surface area contributed by atoms with Crippen LogP contribution >= 0.6 is 33.3 Å². The number of carbonyl (C=O) groups excluding carboxylic acids is 6. The van der Waals surface area contributed by atoms with Gasteiger partial charge in [0.1, 0.15) is 29.5 Å². The first-order valence-corrected chi connectivity index (χ1v) is 35.7. The molecule has 1 fully saturated rings. The molecule has 1 saturated heterocycles. The molecule has 468 valence electrons. The Bertz CT molecular complexity index is 3800. The normalized spacial score (nSPS) is 19.2. The largest absolute Gasteiger partial charge is 0.493 e.